The molecule has 44 heavy (non-hydrogen) atoms. The summed E-state index contributed by atoms with van der Waals surface area (Å²) >= 11 is 0. The second-order valence-corrected chi connectivity index (χ2v) is 14.4. The topological polar surface area (TPSA) is 128 Å². The molecular weight excluding hydrogens is 631 g/mol. The van der Waals surface area contributed by atoms with Crippen LogP contribution in [-0.4, -0.2) is 103 Å². The highest BCUT2D eigenvalue weighted by molar-refractivity contribution is 8.01. The van der Waals surface area contributed by atoms with Gasteiger partial charge in [0.15, 0.2) is 0 Å². The minimum Gasteiger partial charge on any atom is -0.379 e. The van der Waals surface area contributed by atoms with E-state index in [1.165, 1.54) is 57.8 Å². The van der Waals surface area contributed by atoms with Crippen molar-refractivity contribution in [1.29, 1.82) is 0 Å². The van der Waals surface area contributed by atoms with Gasteiger partial charge in [-0.3, -0.25) is 0 Å². The Balaban J connectivity index is 1.82. The zero-order valence-corrected chi connectivity index (χ0v) is 27.8. The van der Waals surface area contributed by atoms with Gasteiger partial charge in [-0.25, -0.2) is 12.6 Å². The van der Waals surface area contributed by atoms with E-state index in [1.54, 1.807) is 0 Å². The largest absolute Gasteiger partial charge is 0.379 e. The molecule has 1 atom stereocenters. The van der Waals surface area contributed by atoms with Gasteiger partial charge in [0.25, 0.3) is 20.0 Å². The molecule has 16 heteroatoms. The molecule has 0 aromatic carbocycles. The van der Waals surface area contributed by atoms with Crippen LogP contribution in [0.4, 0.5) is 13.3 Å². The minimum atomic E-state index is -5.24. The van der Waals surface area contributed by atoms with Crippen molar-refractivity contribution in [2.24, 2.45) is 9.69 Å². The first kappa shape index (κ1) is 41.4. The number of unbranched alkanes of at least 4 members (excludes halogenated alkanes) is 5. The molecule has 1 unspecified atom stereocenters. The number of rotatable bonds is 30. The molecule has 0 bridgehead atoms. The molecule has 0 radical (unpaired) electrons. The van der Waals surface area contributed by atoms with Gasteiger partial charge in [-0.15, -0.1) is 0 Å². The molecule has 0 heterocycles. The van der Waals surface area contributed by atoms with E-state index >= 15 is 0 Å². The molecule has 1 aliphatic carbocycles. The van der Waals surface area contributed by atoms with Gasteiger partial charge in [0.05, 0.1) is 77.9 Å². The Morgan fingerprint density at radius 2 is 1.14 bits per heavy atom. The van der Waals surface area contributed by atoms with Gasteiger partial charge in [0.2, 0.25) is 0 Å². The maximum Gasteiger partial charge on any atom is 0.346 e. The SMILES string of the molecule is CCCCCCCCC1CCC(OCCOCCOCCOCCOCCOCCCS(=O)(=O)N=S(=O)(OF)C(F)F)CC1. The highest BCUT2D eigenvalue weighted by Gasteiger charge is 2.28. The van der Waals surface area contributed by atoms with Crippen LogP contribution in [-0.2, 0) is 52.8 Å². The highest BCUT2D eigenvalue weighted by Crippen LogP contribution is 2.30. The summed E-state index contributed by atoms with van der Waals surface area (Å²) in [6.07, 6.45) is 14.7. The third-order valence-corrected chi connectivity index (χ3v) is 10.2. The second-order valence-electron chi connectivity index (χ2n) is 10.7. The van der Waals surface area contributed by atoms with Gasteiger partial charge >= 0.3 is 5.76 Å². The third kappa shape index (κ3) is 22.0. The van der Waals surface area contributed by atoms with Gasteiger partial charge < -0.3 is 28.4 Å². The maximum absolute atomic E-state index is 12.4. The number of hydrogen-bond acceptors (Lipinski definition) is 10. The molecular formula is C28H54F3NO10S2. The quantitative estimate of drug-likeness (QED) is 0.0879. The molecule has 0 spiro atoms. The predicted molar refractivity (Wildman–Crippen MR) is 161 cm³/mol. The van der Waals surface area contributed by atoms with E-state index in [0.29, 0.717) is 59.0 Å². The molecule has 0 aromatic rings. The fourth-order valence-corrected chi connectivity index (χ4v) is 7.12. The van der Waals surface area contributed by atoms with Gasteiger partial charge in [0.1, 0.15) is 0 Å². The van der Waals surface area contributed by atoms with Crippen molar-refractivity contribution in [1.82, 2.24) is 0 Å². The van der Waals surface area contributed by atoms with Crippen molar-refractivity contribution in [3.05, 3.63) is 0 Å². The van der Waals surface area contributed by atoms with Crippen molar-refractivity contribution in [2.45, 2.75) is 95.8 Å². The highest BCUT2D eigenvalue weighted by atomic mass is 32.3. The summed E-state index contributed by atoms with van der Waals surface area (Å²) in [7, 11) is -9.81. The van der Waals surface area contributed by atoms with Crippen molar-refractivity contribution < 1.29 is 58.7 Å². The number of alkyl halides is 2. The van der Waals surface area contributed by atoms with Crippen LogP contribution < -0.4 is 0 Å². The fourth-order valence-electron chi connectivity index (χ4n) is 4.67. The van der Waals surface area contributed by atoms with E-state index in [9.17, 15) is 25.9 Å². The van der Waals surface area contributed by atoms with Gasteiger partial charge in [-0.1, -0.05) is 60.0 Å². The van der Waals surface area contributed by atoms with Crippen molar-refractivity contribution >= 4 is 20.0 Å². The lowest BCUT2D eigenvalue weighted by Crippen LogP contribution is -2.23. The van der Waals surface area contributed by atoms with E-state index in [1.807, 2.05) is 0 Å². The Kier molecular flexibility index (Phi) is 24.9. The van der Waals surface area contributed by atoms with Crippen molar-refractivity contribution in [3.8, 4) is 0 Å². The number of hydrogen-bond donors (Lipinski definition) is 0. The van der Waals surface area contributed by atoms with Crippen LogP contribution in [0.3, 0.4) is 0 Å². The van der Waals surface area contributed by atoms with E-state index < -0.39 is 31.5 Å². The summed E-state index contributed by atoms with van der Waals surface area (Å²) in [6, 6.07) is 0. The molecule has 1 fully saturated rings. The first-order valence-corrected chi connectivity index (χ1v) is 18.9. The standard InChI is InChI=1S/C28H54F3NO10S2/c1-2-3-4-5-6-7-9-26-10-12-27(13-11-26)41-24-23-40-22-21-39-20-19-38-18-17-37-16-15-36-14-8-25-43(33,34)32-44(35,42-31)28(29)30/h26-28H,2-25H2,1H3. The zero-order valence-electron chi connectivity index (χ0n) is 26.2. The molecule has 0 aliphatic heterocycles. The summed E-state index contributed by atoms with van der Waals surface area (Å²) in [4.78, 5) is 0. The van der Waals surface area contributed by atoms with Gasteiger partial charge in [-0.2, -0.15) is 8.78 Å². The van der Waals surface area contributed by atoms with Gasteiger partial charge in [-0.05, 0) is 42.5 Å². The Morgan fingerprint density at radius 1 is 0.659 bits per heavy atom. The molecule has 11 nitrogen and oxygen atoms in total. The number of halogens is 3. The first-order valence-electron chi connectivity index (χ1n) is 15.8. The lowest BCUT2D eigenvalue weighted by atomic mass is 9.84. The lowest BCUT2D eigenvalue weighted by Gasteiger charge is -2.28. The maximum atomic E-state index is 12.4. The molecule has 1 aliphatic rings. The number of nitrogens with zero attached hydrogens (tertiary/aromatic N) is 1. The molecule has 1 saturated carbocycles. The molecule has 0 amide bonds. The second kappa shape index (κ2) is 26.5. The average Bonchev–Trinajstić information content (AvgIpc) is 3.00. The normalized spacial score (nSPS) is 18.9. The molecule has 0 aromatic heterocycles. The summed E-state index contributed by atoms with van der Waals surface area (Å²) < 4.78 is 109. The van der Waals surface area contributed by atoms with Crippen LogP contribution in [0.25, 0.3) is 0 Å². The van der Waals surface area contributed by atoms with Crippen LogP contribution in [0.2, 0.25) is 0 Å². The molecule has 0 N–H and O–H groups in total. The fraction of sp³-hybridized carbons (Fsp3) is 1.00. The Bertz CT molecular complexity index is 900. The van der Waals surface area contributed by atoms with Crippen LogP contribution in [0.15, 0.2) is 3.77 Å². The number of sulfonamides is 1. The summed E-state index contributed by atoms with van der Waals surface area (Å²) in [5.74, 6) is -3.77. The van der Waals surface area contributed by atoms with E-state index in [4.69, 9.17) is 28.4 Å². The molecule has 1 rings (SSSR count). The lowest BCUT2D eigenvalue weighted by molar-refractivity contribution is -0.0341. The smallest absolute Gasteiger partial charge is 0.346 e. The van der Waals surface area contributed by atoms with Gasteiger partial charge in [0, 0.05) is 6.61 Å². The zero-order chi connectivity index (χ0) is 32.4. The molecule has 264 valence electrons. The number of ether oxygens (including phenoxy) is 6. The summed E-state index contributed by atoms with van der Waals surface area (Å²) in [5.41, 5.74) is 0. The van der Waals surface area contributed by atoms with E-state index in [-0.39, 0.29) is 26.2 Å². The first-order chi connectivity index (χ1) is 21.2. The third-order valence-electron chi connectivity index (χ3n) is 7.05. The van der Waals surface area contributed by atoms with E-state index in [0.717, 1.165) is 18.8 Å². The van der Waals surface area contributed by atoms with E-state index in [2.05, 4.69) is 15.1 Å². The van der Waals surface area contributed by atoms with Crippen LogP contribution in [0.5, 0.6) is 0 Å². The van der Waals surface area contributed by atoms with Crippen molar-refractivity contribution in [2.75, 3.05) is 78.4 Å². The van der Waals surface area contributed by atoms with Crippen LogP contribution in [0.1, 0.15) is 84.0 Å². The Hall–Kier alpha value is -0.590. The summed E-state index contributed by atoms with van der Waals surface area (Å²) in [5, 5.41) is 0. The van der Waals surface area contributed by atoms with Crippen LogP contribution >= 0.6 is 0 Å². The monoisotopic (exact) mass is 685 g/mol. The van der Waals surface area contributed by atoms with Crippen molar-refractivity contribution in [3.63, 3.8) is 0 Å². The minimum absolute atomic E-state index is 0.0463. The summed E-state index contributed by atoms with van der Waals surface area (Å²) in [6.45, 7) is 6.29. The predicted octanol–water partition coefficient (Wildman–Crippen LogP) is 5.62. The van der Waals surface area contributed by atoms with Crippen LogP contribution in [0, 0.1) is 5.92 Å². The Labute approximate surface area is 262 Å². The average molecular weight is 686 g/mol. The molecule has 0 saturated heterocycles. The Morgan fingerprint density at radius 3 is 1.64 bits per heavy atom.